The Balaban J connectivity index is 2.86. The quantitative estimate of drug-likeness (QED) is 0.897. The van der Waals surface area contributed by atoms with Crippen LogP contribution in [-0.4, -0.2) is 28.8 Å². The maximum atomic E-state index is 12.4. The molecule has 1 aromatic carbocycles. The fourth-order valence-corrected chi connectivity index (χ4v) is 1.71. The highest BCUT2D eigenvalue weighted by Gasteiger charge is 2.32. The second-order valence-electron chi connectivity index (χ2n) is 4.75. The summed E-state index contributed by atoms with van der Waals surface area (Å²) < 4.78 is 37.3. The molecule has 0 saturated heterocycles. The molecule has 0 aromatic heterocycles. The van der Waals surface area contributed by atoms with Crippen molar-refractivity contribution in [3.8, 4) is 5.75 Å². The summed E-state index contributed by atoms with van der Waals surface area (Å²) in [4.78, 5) is 1.29. The average Bonchev–Trinajstić information content (AvgIpc) is 2.20. The van der Waals surface area contributed by atoms with Crippen molar-refractivity contribution in [2.45, 2.75) is 39.5 Å². The van der Waals surface area contributed by atoms with Gasteiger partial charge in [0.15, 0.2) is 0 Å². The van der Waals surface area contributed by atoms with Gasteiger partial charge < -0.3 is 5.11 Å². The second-order valence-corrected chi connectivity index (χ2v) is 4.75. The number of hydrogen-bond acceptors (Lipinski definition) is 2. The van der Waals surface area contributed by atoms with Gasteiger partial charge in [0.2, 0.25) is 0 Å². The minimum atomic E-state index is -4.23. The molecule has 0 fully saturated rings. The summed E-state index contributed by atoms with van der Waals surface area (Å²) in [6, 6.07) is 4.70. The van der Waals surface area contributed by atoms with Crippen LogP contribution in [0.25, 0.3) is 0 Å². The van der Waals surface area contributed by atoms with Crippen molar-refractivity contribution in [1.29, 1.82) is 0 Å². The molecule has 18 heavy (non-hydrogen) atoms. The molecule has 0 amide bonds. The Morgan fingerprint density at radius 1 is 1.28 bits per heavy atom. The largest absolute Gasteiger partial charge is 0.508 e. The van der Waals surface area contributed by atoms with Gasteiger partial charge in [0, 0.05) is 18.2 Å². The zero-order chi connectivity index (χ0) is 13.9. The Bertz CT molecular complexity index is 402. The lowest BCUT2D eigenvalue weighted by molar-refractivity contribution is -0.150. The SMILES string of the molecule is Cc1ccc(O)c(CN(CC(F)(F)F)C(C)C)c1. The van der Waals surface area contributed by atoms with E-state index in [1.54, 1.807) is 26.0 Å². The minimum Gasteiger partial charge on any atom is -0.508 e. The molecule has 0 aliphatic carbocycles. The predicted octanol–water partition coefficient (Wildman–Crippen LogP) is 3.47. The van der Waals surface area contributed by atoms with Gasteiger partial charge in [0.25, 0.3) is 0 Å². The number of nitrogens with zero attached hydrogens (tertiary/aromatic N) is 1. The van der Waals surface area contributed by atoms with E-state index in [0.717, 1.165) is 5.56 Å². The molecular weight excluding hydrogens is 243 g/mol. The van der Waals surface area contributed by atoms with Gasteiger partial charge in [-0.25, -0.2) is 0 Å². The van der Waals surface area contributed by atoms with Gasteiger partial charge in [-0.2, -0.15) is 13.2 Å². The van der Waals surface area contributed by atoms with Gasteiger partial charge in [-0.3, -0.25) is 4.90 Å². The number of aryl methyl sites for hydroxylation is 1. The number of benzene rings is 1. The molecule has 2 nitrogen and oxygen atoms in total. The van der Waals surface area contributed by atoms with E-state index < -0.39 is 12.7 Å². The van der Waals surface area contributed by atoms with Crippen LogP contribution in [0.1, 0.15) is 25.0 Å². The summed E-state index contributed by atoms with van der Waals surface area (Å²) in [5.74, 6) is 0.0356. The second kappa shape index (κ2) is 5.61. The van der Waals surface area contributed by atoms with Gasteiger partial charge in [0.05, 0.1) is 6.54 Å². The summed E-state index contributed by atoms with van der Waals surface area (Å²) in [5, 5.41) is 9.66. The van der Waals surface area contributed by atoms with Crippen LogP contribution in [0.2, 0.25) is 0 Å². The molecular formula is C13H18F3NO. The molecule has 5 heteroatoms. The number of halogens is 3. The molecule has 0 aliphatic heterocycles. The Morgan fingerprint density at radius 2 is 1.89 bits per heavy atom. The third-order valence-electron chi connectivity index (χ3n) is 2.72. The van der Waals surface area contributed by atoms with Gasteiger partial charge in [-0.05, 0) is 26.8 Å². The zero-order valence-corrected chi connectivity index (χ0v) is 10.8. The van der Waals surface area contributed by atoms with Gasteiger partial charge in [-0.1, -0.05) is 17.7 Å². The summed E-state index contributed by atoms with van der Waals surface area (Å²) >= 11 is 0. The van der Waals surface area contributed by atoms with Crippen LogP contribution in [-0.2, 0) is 6.54 Å². The van der Waals surface area contributed by atoms with Crippen molar-refractivity contribution in [2.75, 3.05) is 6.54 Å². The third kappa shape index (κ3) is 4.56. The van der Waals surface area contributed by atoms with Gasteiger partial charge in [-0.15, -0.1) is 0 Å². The minimum absolute atomic E-state index is 0.0356. The zero-order valence-electron chi connectivity index (χ0n) is 10.8. The number of phenols is 1. The first-order chi connectivity index (χ1) is 8.19. The van der Waals surface area contributed by atoms with Crippen LogP contribution >= 0.6 is 0 Å². The van der Waals surface area contributed by atoms with Crippen LogP contribution in [0.3, 0.4) is 0 Å². The summed E-state index contributed by atoms with van der Waals surface area (Å²) in [6.45, 7) is 4.37. The predicted molar refractivity (Wildman–Crippen MR) is 64.4 cm³/mol. The first kappa shape index (κ1) is 14.8. The van der Waals surface area contributed by atoms with Crippen molar-refractivity contribution >= 4 is 0 Å². The number of aromatic hydroxyl groups is 1. The Labute approximate surface area is 105 Å². The molecule has 0 atom stereocenters. The topological polar surface area (TPSA) is 23.5 Å². The van der Waals surface area contributed by atoms with Crippen molar-refractivity contribution in [1.82, 2.24) is 4.90 Å². The monoisotopic (exact) mass is 261 g/mol. The maximum absolute atomic E-state index is 12.4. The molecule has 0 aliphatic rings. The van der Waals surface area contributed by atoms with Crippen LogP contribution in [0, 0.1) is 6.92 Å². The van der Waals surface area contributed by atoms with Crippen molar-refractivity contribution in [2.24, 2.45) is 0 Å². The van der Waals surface area contributed by atoms with E-state index in [2.05, 4.69) is 0 Å². The Kier molecular flexibility index (Phi) is 4.62. The fraction of sp³-hybridized carbons (Fsp3) is 0.538. The van der Waals surface area contributed by atoms with Crippen LogP contribution in [0.15, 0.2) is 18.2 Å². The molecule has 0 spiro atoms. The van der Waals surface area contributed by atoms with Gasteiger partial charge in [0.1, 0.15) is 5.75 Å². The fourth-order valence-electron chi connectivity index (χ4n) is 1.71. The highest BCUT2D eigenvalue weighted by Crippen LogP contribution is 2.24. The molecule has 0 unspecified atom stereocenters. The number of alkyl halides is 3. The van der Waals surface area contributed by atoms with E-state index in [4.69, 9.17) is 0 Å². The van der Waals surface area contributed by atoms with Crippen LogP contribution in [0.4, 0.5) is 13.2 Å². The molecule has 0 radical (unpaired) electrons. The maximum Gasteiger partial charge on any atom is 0.401 e. The van der Waals surface area contributed by atoms with E-state index in [1.165, 1.54) is 11.0 Å². The van der Waals surface area contributed by atoms with Crippen LogP contribution in [0.5, 0.6) is 5.75 Å². The number of hydrogen-bond donors (Lipinski definition) is 1. The molecule has 1 rings (SSSR count). The van der Waals surface area contributed by atoms with Crippen molar-refractivity contribution in [3.05, 3.63) is 29.3 Å². The summed E-state index contributed by atoms with van der Waals surface area (Å²) in [7, 11) is 0. The number of phenolic OH excluding ortho intramolecular Hbond substituents is 1. The lowest BCUT2D eigenvalue weighted by atomic mass is 10.1. The molecule has 0 bridgehead atoms. The lowest BCUT2D eigenvalue weighted by Gasteiger charge is -2.27. The van der Waals surface area contributed by atoms with E-state index in [9.17, 15) is 18.3 Å². The number of rotatable bonds is 4. The highest BCUT2D eigenvalue weighted by atomic mass is 19.4. The van der Waals surface area contributed by atoms with Crippen LogP contribution < -0.4 is 0 Å². The first-order valence-electron chi connectivity index (χ1n) is 5.78. The lowest BCUT2D eigenvalue weighted by Crippen LogP contribution is -2.38. The Morgan fingerprint density at radius 3 is 2.39 bits per heavy atom. The molecule has 1 aromatic rings. The average molecular weight is 261 g/mol. The summed E-state index contributed by atoms with van der Waals surface area (Å²) in [6.07, 6.45) is -4.23. The van der Waals surface area contributed by atoms with E-state index in [0.29, 0.717) is 5.56 Å². The van der Waals surface area contributed by atoms with Crippen molar-refractivity contribution < 1.29 is 18.3 Å². The first-order valence-corrected chi connectivity index (χ1v) is 5.78. The smallest absolute Gasteiger partial charge is 0.401 e. The molecule has 0 saturated carbocycles. The van der Waals surface area contributed by atoms with E-state index >= 15 is 0 Å². The van der Waals surface area contributed by atoms with Gasteiger partial charge >= 0.3 is 6.18 Å². The molecule has 0 heterocycles. The molecule has 1 N–H and O–H groups in total. The summed E-state index contributed by atoms with van der Waals surface area (Å²) in [5.41, 5.74) is 1.44. The highest BCUT2D eigenvalue weighted by molar-refractivity contribution is 5.35. The van der Waals surface area contributed by atoms with Crippen molar-refractivity contribution in [3.63, 3.8) is 0 Å². The van der Waals surface area contributed by atoms with E-state index in [-0.39, 0.29) is 18.3 Å². The standard InChI is InChI=1S/C13H18F3NO/c1-9(2)17(8-13(14,15)16)7-11-6-10(3)4-5-12(11)18/h4-6,9,18H,7-8H2,1-3H3. The van der Waals surface area contributed by atoms with E-state index in [1.807, 2.05) is 6.92 Å². The normalized spacial score (nSPS) is 12.4. The third-order valence-corrected chi connectivity index (χ3v) is 2.72. The Hall–Kier alpha value is -1.23. The molecule has 102 valence electrons.